The van der Waals surface area contributed by atoms with Crippen molar-refractivity contribution in [1.29, 1.82) is 0 Å². The number of carbonyl (C=O) groups excluding carboxylic acids is 1. The highest BCUT2D eigenvalue weighted by Crippen LogP contribution is 1.80. The number of methoxy groups -OCH3 is 1. The number of hydrogen-bond donors (Lipinski definition) is 0. The molecule has 3 heteroatoms. The summed E-state index contributed by atoms with van der Waals surface area (Å²) in [5.74, 6) is 0. The van der Waals surface area contributed by atoms with Gasteiger partial charge in [-0.2, -0.15) is 0 Å². The topological polar surface area (TPSA) is 35.5 Å². The highest BCUT2D eigenvalue weighted by Gasteiger charge is 1.94. The van der Waals surface area contributed by atoms with E-state index < -0.39 is 6.16 Å². The molecule has 0 saturated heterocycles. The molecule has 0 aliphatic rings. The van der Waals surface area contributed by atoms with Gasteiger partial charge in [-0.1, -0.05) is 6.58 Å². The molecular weight excluding hydrogens is 120 g/mol. The molecule has 9 heavy (non-hydrogen) atoms. The van der Waals surface area contributed by atoms with Crippen molar-refractivity contribution in [3.8, 4) is 0 Å². The summed E-state index contributed by atoms with van der Waals surface area (Å²) in [5.41, 5.74) is 2.44. The van der Waals surface area contributed by atoms with Crippen molar-refractivity contribution in [2.45, 2.75) is 0 Å². The van der Waals surface area contributed by atoms with E-state index in [-0.39, 0.29) is 6.61 Å². The van der Waals surface area contributed by atoms with Crippen molar-refractivity contribution in [1.82, 2.24) is 0 Å². The van der Waals surface area contributed by atoms with Gasteiger partial charge in [0.15, 0.2) is 0 Å². The third-order valence-electron chi connectivity index (χ3n) is 0.596. The number of rotatable bonds is 2. The lowest BCUT2D eigenvalue weighted by molar-refractivity contribution is 0.0818. The monoisotopic (exact) mass is 128 g/mol. The molecule has 0 atom stereocenters. The summed E-state index contributed by atoms with van der Waals surface area (Å²) in [6.07, 6.45) is 0.790. The molecule has 0 bridgehead atoms. The summed E-state index contributed by atoms with van der Waals surface area (Å²) in [5, 5.41) is 0. The molecule has 0 spiro atoms. The summed E-state index contributed by atoms with van der Waals surface area (Å²) in [6, 6.07) is 0. The fraction of sp³-hybridized carbons (Fsp3) is 0.333. The minimum atomic E-state index is -0.693. The fourth-order valence-electron chi connectivity index (χ4n) is 0.228. The third-order valence-corrected chi connectivity index (χ3v) is 0.596. The first-order valence-electron chi connectivity index (χ1n) is 2.36. The van der Waals surface area contributed by atoms with Crippen LogP contribution in [0.3, 0.4) is 0 Å². The Morgan fingerprint density at radius 1 is 1.89 bits per heavy atom. The third kappa shape index (κ3) is 4.65. The number of carbonyl (C=O) groups is 1. The zero-order chi connectivity index (χ0) is 7.11. The zero-order valence-corrected chi connectivity index (χ0v) is 5.22. The molecule has 0 unspecified atom stereocenters. The van der Waals surface area contributed by atoms with Gasteiger partial charge in [0.2, 0.25) is 0 Å². The second-order valence-electron chi connectivity index (χ2n) is 1.17. The number of ether oxygens (including phenoxy) is 2. The first-order chi connectivity index (χ1) is 4.31. The Morgan fingerprint density at radius 2 is 2.56 bits per heavy atom. The van der Waals surface area contributed by atoms with Crippen LogP contribution in [0.2, 0.25) is 0 Å². The first-order valence-corrected chi connectivity index (χ1v) is 2.36. The van der Waals surface area contributed by atoms with E-state index in [0.717, 1.165) is 0 Å². The smallest absolute Gasteiger partial charge is 0.438 e. The van der Waals surface area contributed by atoms with E-state index in [1.165, 1.54) is 13.2 Å². The molecule has 0 aliphatic carbocycles. The van der Waals surface area contributed by atoms with E-state index in [1.807, 2.05) is 0 Å². The summed E-state index contributed by atoms with van der Waals surface area (Å²) >= 11 is 0. The first kappa shape index (κ1) is 7.79. The number of hydrogen-bond acceptors (Lipinski definition) is 3. The maximum atomic E-state index is 10.2. The van der Waals surface area contributed by atoms with Crippen molar-refractivity contribution < 1.29 is 14.3 Å². The Hall–Kier alpha value is -1.21. The molecule has 0 rings (SSSR count). The van der Waals surface area contributed by atoms with E-state index in [9.17, 15) is 4.79 Å². The predicted molar refractivity (Wildman–Crippen MR) is 32.1 cm³/mol. The lowest BCUT2D eigenvalue weighted by Gasteiger charge is -1.95. The van der Waals surface area contributed by atoms with E-state index in [4.69, 9.17) is 0 Å². The lowest BCUT2D eigenvalue weighted by atomic mass is 10.6. The zero-order valence-electron chi connectivity index (χ0n) is 5.22. The Labute approximate surface area is 53.6 Å². The van der Waals surface area contributed by atoms with Crippen molar-refractivity contribution in [3.63, 3.8) is 0 Å². The molecule has 0 fully saturated rings. The maximum Gasteiger partial charge on any atom is 0.508 e. The minimum absolute atomic E-state index is 0.163. The molecule has 0 aliphatic heterocycles. The van der Waals surface area contributed by atoms with Crippen LogP contribution in [-0.2, 0) is 9.47 Å². The Bertz CT molecular complexity index is 133. The molecule has 0 amide bonds. The van der Waals surface area contributed by atoms with Gasteiger partial charge in [0.05, 0.1) is 7.11 Å². The summed E-state index contributed by atoms with van der Waals surface area (Å²) in [7, 11) is 1.25. The second kappa shape index (κ2) is 4.94. The van der Waals surface area contributed by atoms with Gasteiger partial charge in [0.1, 0.15) is 6.61 Å². The minimum Gasteiger partial charge on any atom is -0.438 e. The largest absolute Gasteiger partial charge is 0.508 e. The van der Waals surface area contributed by atoms with Gasteiger partial charge < -0.3 is 9.47 Å². The van der Waals surface area contributed by atoms with Crippen LogP contribution in [0, 0.1) is 0 Å². The normalized spacial score (nSPS) is 7.22. The summed E-state index contributed by atoms with van der Waals surface area (Å²) in [6.45, 7) is 3.43. The van der Waals surface area contributed by atoms with Gasteiger partial charge in [0.25, 0.3) is 0 Å². The van der Waals surface area contributed by atoms with Crippen molar-refractivity contribution in [3.05, 3.63) is 18.4 Å². The quantitative estimate of drug-likeness (QED) is 0.412. The highest BCUT2D eigenvalue weighted by molar-refractivity contribution is 5.59. The van der Waals surface area contributed by atoms with Gasteiger partial charge in [0, 0.05) is 0 Å². The van der Waals surface area contributed by atoms with E-state index in [0.29, 0.717) is 0 Å². The van der Waals surface area contributed by atoms with Crippen LogP contribution in [0.1, 0.15) is 0 Å². The van der Waals surface area contributed by atoms with Crippen LogP contribution in [-0.4, -0.2) is 19.9 Å². The van der Waals surface area contributed by atoms with Gasteiger partial charge in [-0.15, -0.1) is 5.73 Å². The maximum absolute atomic E-state index is 10.2. The molecule has 0 heterocycles. The van der Waals surface area contributed by atoms with Crippen LogP contribution in [0.15, 0.2) is 18.4 Å². The van der Waals surface area contributed by atoms with Crippen molar-refractivity contribution >= 4 is 6.16 Å². The van der Waals surface area contributed by atoms with Gasteiger partial charge in [-0.05, 0) is 6.08 Å². The van der Waals surface area contributed by atoms with Crippen LogP contribution < -0.4 is 0 Å². The molecule has 3 nitrogen and oxygen atoms in total. The average Bonchev–Trinajstić information content (AvgIpc) is 1.89. The average molecular weight is 128 g/mol. The molecule has 0 saturated carbocycles. The molecule has 0 N–H and O–H groups in total. The molecule has 0 aromatic carbocycles. The molecular formula is C6H8O3. The standard InChI is InChI=1S/C6H8O3/c1-3-4-5-9-6(7)8-2/h4H,1,5H2,2H3. The molecule has 0 aromatic rings. The summed E-state index contributed by atoms with van der Waals surface area (Å²) < 4.78 is 8.58. The highest BCUT2D eigenvalue weighted by atomic mass is 16.7. The lowest BCUT2D eigenvalue weighted by Crippen LogP contribution is -2.03. The van der Waals surface area contributed by atoms with Crippen LogP contribution in [0.5, 0.6) is 0 Å². The van der Waals surface area contributed by atoms with E-state index >= 15 is 0 Å². The Balaban J connectivity index is 3.27. The molecule has 0 radical (unpaired) electrons. The Morgan fingerprint density at radius 3 is 3.00 bits per heavy atom. The van der Waals surface area contributed by atoms with Gasteiger partial charge in [-0.25, -0.2) is 4.79 Å². The van der Waals surface area contributed by atoms with Crippen molar-refractivity contribution in [2.75, 3.05) is 13.7 Å². The van der Waals surface area contributed by atoms with Crippen molar-refractivity contribution in [2.24, 2.45) is 0 Å². The van der Waals surface area contributed by atoms with E-state index in [2.05, 4.69) is 21.8 Å². The predicted octanol–water partition coefficient (Wildman–Crippen LogP) is 1.11. The molecule has 0 aromatic heterocycles. The summed E-state index contributed by atoms with van der Waals surface area (Å²) in [4.78, 5) is 10.2. The molecule has 50 valence electrons. The van der Waals surface area contributed by atoms with Crippen LogP contribution in [0.4, 0.5) is 4.79 Å². The van der Waals surface area contributed by atoms with Gasteiger partial charge in [-0.3, -0.25) is 0 Å². The SMILES string of the molecule is C=C=CCOC(=O)OC. The van der Waals surface area contributed by atoms with Crippen LogP contribution in [0.25, 0.3) is 0 Å². The fourth-order valence-corrected chi connectivity index (χ4v) is 0.228. The van der Waals surface area contributed by atoms with E-state index in [1.54, 1.807) is 0 Å². The Kier molecular flexibility index (Phi) is 4.27. The second-order valence-corrected chi connectivity index (χ2v) is 1.17. The van der Waals surface area contributed by atoms with Gasteiger partial charge >= 0.3 is 6.16 Å². The van der Waals surface area contributed by atoms with Crippen LogP contribution >= 0.6 is 0 Å².